The zero-order valence-corrected chi connectivity index (χ0v) is 11.2. The molecule has 1 N–H and O–H groups in total. The minimum Gasteiger partial charge on any atom is -0.211 e. The number of nitrogens with one attached hydrogen (secondary N) is 1. The zero-order chi connectivity index (χ0) is 11.5. The maximum atomic E-state index is 11.7. The Balaban J connectivity index is 3.00. The van der Waals surface area contributed by atoms with Crippen LogP contribution in [0.15, 0.2) is 27.6 Å². The van der Waals surface area contributed by atoms with Crippen molar-refractivity contribution in [3.63, 3.8) is 0 Å². The van der Waals surface area contributed by atoms with Crippen LogP contribution in [0.3, 0.4) is 0 Å². The van der Waals surface area contributed by atoms with Gasteiger partial charge in [0.1, 0.15) is 0 Å². The van der Waals surface area contributed by atoms with Crippen molar-refractivity contribution in [1.82, 2.24) is 4.72 Å². The monoisotopic (exact) mass is 291 g/mol. The number of aryl methyl sites for hydroxylation is 1. The van der Waals surface area contributed by atoms with Crippen molar-refractivity contribution >= 4 is 26.0 Å². The molecule has 3 nitrogen and oxygen atoms in total. The van der Waals surface area contributed by atoms with Crippen LogP contribution in [-0.4, -0.2) is 15.0 Å². The largest absolute Gasteiger partial charge is 0.240 e. The minimum absolute atomic E-state index is 0.299. The van der Waals surface area contributed by atoms with Crippen LogP contribution in [0.4, 0.5) is 0 Å². The molecule has 0 aromatic heterocycles. The number of hydrogen-bond donors (Lipinski definition) is 1. The molecule has 1 aromatic carbocycles. The van der Waals surface area contributed by atoms with Gasteiger partial charge in [0, 0.05) is 11.0 Å². The molecule has 5 heteroatoms. The van der Waals surface area contributed by atoms with Crippen LogP contribution < -0.4 is 4.72 Å². The third kappa shape index (κ3) is 3.29. The van der Waals surface area contributed by atoms with Crippen molar-refractivity contribution in [2.45, 2.75) is 25.2 Å². The Morgan fingerprint density at radius 1 is 1.40 bits per heavy atom. The molecule has 0 saturated carbocycles. The van der Waals surface area contributed by atoms with Crippen molar-refractivity contribution in [1.29, 1.82) is 0 Å². The van der Waals surface area contributed by atoms with E-state index < -0.39 is 10.0 Å². The highest BCUT2D eigenvalue weighted by atomic mass is 79.9. The van der Waals surface area contributed by atoms with E-state index in [2.05, 4.69) is 20.7 Å². The fourth-order valence-corrected chi connectivity index (χ4v) is 2.75. The van der Waals surface area contributed by atoms with Gasteiger partial charge in [-0.15, -0.1) is 0 Å². The molecule has 0 radical (unpaired) electrons. The van der Waals surface area contributed by atoms with Gasteiger partial charge in [0.25, 0.3) is 0 Å². The van der Waals surface area contributed by atoms with E-state index in [0.717, 1.165) is 16.5 Å². The predicted molar refractivity (Wildman–Crippen MR) is 64.4 cm³/mol. The summed E-state index contributed by atoms with van der Waals surface area (Å²) in [6.07, 6.45) is 0.784. The molecule has 0 bridgehead atoms. The normalized spacial score (nSPS) is 11.7. The van der Waals surface area contributed by atoms with Gasteiger partial charge in [-0.1, -0.05) is 28.9 Å². The molecule has 1 rings (SSSR count). The average Bonchev–Trinajstić information content (AvgIpc) is 2.19. The van der Waals surface area contributed by atoms with Gasteiger partial charge in [0.2, 0.25) is 10.0 Å². The fourth-order valence-electron chi connectivity index (χ4n) is 1.06. The Morgan fingerprint density at radius 3 is 2.60 bits per heavy atom. The van der Waals surface area contributed by atoms with Gasteiger partial charge in [0.05, 0.1) is 4.90 Å². The maximum Gasteiger partial charge on any atom is 0.240 e. The molecular formula is C10H14BrNO2S. The van der Waals surface area contributed by atoms with E-state index >= 15 is 0 Å². The summed E-state index contributed by atoms with van der Waals surface area (Å²) in [7, 11) is -3.34. The Morgan fingerprint density at radius 2 is 2.07 bits per heavy atom. The molecule has 0 atom stereocenters. The van der Waals surface area contributed by atoms with Crippen LogP contribution in [0.1, 0.15) is 18.9 Å². The fraction of sp³-hybridized carbons (Fsp3) is 0.400. The van der Waals surface area contributed by atoms with Crippen LogP contribution in [0.2, 0.25) is 0 Å². The molecule has 0 amide bonds. The number of benzene rings is 1. The highest BCUT2D eigenvalue weighted by Gasteiger charge is 2.13. The second-order valence-corrected chi connectivity index (χ2v) is 5.93. The second kappa shape index (κ2) is 5.09. The number of sulfonamides is 1. The maximum absolute atomic E-state index is 11.7. The molecule has 15 heavy (non-hydrogen) atoms. The first kappa shape index (κ1) is 12.7. The van der Waals surface area contributed by atoms with E-state index in [1.165, 1.54) is 0 Å². The van der Waals surface area contributed by atoms with E-state index in [1.807, 2.05) is 13.8 Å². The summed E-state index contributed by atoms with van der Waals surface area (Å²) >= 11 is 3.31. The van der Waals surface area contributed by atoms with Crippen molar-refractivity contribution < 1.29 is 8.42 Å². The van der Waals surface area contributed by atoms with Crippen molar-refractivity contribution in [3.8, 4) is 0 Å². The van der Waals surface area contributed by atoms with Crippen molar-refractivity contribution in [3.05, 3.63) is 28.2 Å². The molecular weight excluding hydrogens is 278 g/mol. The Hall–Kier alpha value is -0.390. The Bertz CT molecular complexity index is 443. The minimum atomic E-state index is -3.34. The second-order valence-electron chi connectivity index (χ2n) is 3.31. The SMILES string of the molecule is CCCNS(=O)(=O)c1ccc(C)c(Br)c1. The highest BCUT2D eigenvalue weighted by molar-refractivity contribution is 9.10. The van der Waals surface area contributed by atoms with Gasteiger partial charge in [-0.05, 0) is 31.0 Å². The van der Waals surface area contributed by atoms with Crippen LogP contribution >= 0.6 is 15.9 Å². The first-order chi connectivity index (χ1) is 6.97. The zero-order valence-electron chi connectivity index (χ0n) is 8.75. The molecule has 0 aliphatic carbocycles. The third-order valence-electron chi connectivity index (χ3n) is 2.00. The van der Waals surface area contributed by atoms with E-state index in [1.54, 1.807) is 18.2 Å². The van der Waals surface area contributed by atoms with Crippen molar-refractivity contribution in [2.24, 2.45) is 0 Å². The summed E-state index contributed by atoms with van der Waals surface area (Å²) in [5, 5.41) is 0. The molecule has 84 valence electrons. The third-order valence-corrected chi connectivity index (χ3v) is 4.31. The lowest BCUT2D eigenvalue weighted by Gasteiger charge is -2.06. The first-order valence-electron chi connectivity index (χ1n) is 4.73. The Labute approximate surface area is 99.1 Å². The Kier molecular flexibility index (Phi) is 4.31. The molecule has 0 heterocycles. The van der Waals surface area contributed by atoms with Gasteiger partial charge >= 0.3 is 0 Å². The quantitative estimate of drug-likeness (QED) is 0.926. The van der Waals surface area contributed by atoms with E-state index in [4.69, 9.17) is 0 Å². The lowest BCUT2D eigenvalue weighted by atomic mass is 10.2. The molecule has 0 unspecified atom stereocenters. The summed E-state index contributed by atoms with van der Waals surface area (Å²) in [5.41, 5.74) is 1.02. The standard InChI is InChI=1S/C10H14BrNO2S/c1-3-6-12-15(13,14)9-5-4-8(2)10(11)7-9/h4-5,7,12H,3,6H2,1-2H3. The van der Waals surface area contributed by atoms with Gasteiger partial charge < -0.3 is 0 Å². The predicted octanol–water partition coefficient (Wildman–Crippen LogP) is 2.45. The summed E-state index contributed by atoms with van der Waals surface area (Å²) < 4.78 is 26.8. The molecule has 0 fully saturated rings. The smallest absolute Gasteiger partial charge is 0.211 e. The van der Waals surface area contributed by atoms with Gasteiger partial charge in [-0.25, -0.2) is 13.1 Å². The van der Waals surface area contributed by atoms with Crippen LogP contribution in [0, 0.1) is 6.92 Å². The summed E-state index contributed by atoms with van der Waals surface area (Å²) in [6, 6.07) is 5.01. The first-order valence-corrected chi connectivity index (χ1v) is 7.01. The van der Waals surface area contributed by atoms with E-state index in [-0.39, 0.29) is 0 Å². The van der Waals surface area contributed by atoms with Crippen LogP contribution in [0.25, 0.3) is 0 Å². The lowest BCUT2D eigenvalue weighted by molar-refractivity contribution is 0.580. The van der Waals surface area contributed by atoms with Gasteiger partial charge in [0.15, 0.2) is 0 Å². The van der Waals surface area contributed by atoms with E-state index in [9.17, 15) is 8.42 Å². The molecule has 0 aliphatic rings. The van der Waals surface area contributed by atoms with Crippen molar-refractivity contribution in [2.75, 3.05) is 6.54 Å². The molecule has 0 aliphatic heterocycles. The number of halogens is 1. The molecule has 1 aromatic rings. The summed E-state index contributed by atoms with van der Waals surface area (Å²) in [6.45, 7) is 4.31. The van der Waals surface area contributed by atoms with Gasteiger partial charge in [-0.3, -0.25) is 0 Å². The number of hydrogen-bond acceptors (Lipinski definition) is 2. The molecule has 0 spiro atoms. The van der Waals surface area contributed by atoms with Crippen LogP contribution in [-0.2, 0) is 10.0 Å². The van der Waals surface area contributed by atoms with Gasteiger partial charge in [-0.2, -0.15) is 0 Å². The summed E-state index contributed by atoms with van der Waals surface area (Å²) in [5.74, 6) is 0. The number of rotatable bonds is 4. The van der Waals surface area contributed by atoms with Crippen LogP contribution in [0.5, 0.6) is 0 Å². The lowest BCUT2D eigenvalue weighted by Crippen LogP contribution is -2.24. The average molecular weight is 292 g/mol. The summed E-state index contributed by atoms with van der Waals surface area (Å²) in [4.78, 5) is 0.299. The highest BCUT2D eigenvalue weighted by Crippen LogP contribution is 2.20. The molecule has 0 saturated heterocycles. The topological polar surface area (TPSA) is 46.2 Å². The van der Waals surface area contributed by atoms with E-state index in [0.29, 0.717) is 11.4 Å².